The van der Waals surface area contributed by atoms with Crippen molar-refractivity contribution < 1.29 is 4.79 Å². The van der Waals surface area contributed by atoms with E-state index < -0.39 is 0 Å². The molecule has 1 saturated carbocycles. The fourth-order valence-electron chi connectivity index (χ4n) is 2.22. The van der Waals surface area contributed by atoms with Gasteiger partial charge in [0.05, 0.1) is 0 Å². The van der Waals surface area contributed by atoms with Crippen LogP contribution in [0.25, 0.3) is 0 Å². The van der Waals surface area contributed by atoms with E-state index in [1.165, 1.54) is 19.3 Å². The van der Waals surface area contributed by atoms with Gasteiger partial charge in [-0.3, -0.25) is 4.79 Å². The normalized spacial score (nSPS) is 26.5. The molecule has 2 aliphatic rings. The Kier molecular flexibility index (Phi) is 2.28. The van der Waals surface area contributed by atoms with Gasteiger partial charge in [-0.2, -0.15) is 0 Å². The van der Waals surface area contributed by atoms with Crippen molar-refractivity contribution >= 4 is 5.91 Å². The molecule has 0 aromatic heterocycles. The lowest BCUT2D eigenvalue weighted by molar-refractivity contribution is -0.136. The van der Waals surface area contributed by atoms with Crippen molar-refractivity contribution in [3.8, 4) is 0 Å². The summed E-state index contributed by atoms with van der Waals surface area (Å²) >= 11 is 0. The zero-order chi connectivity index (χ0) is 9.42. The van der Waals surface area contributed by atoms with Crippen molar-refractivity contribution in [2.45, 2.75) is 32.2 Å². The van der Waals surface area contributed by atoms with Crippen molar-refractivity contribution in [3.05, 3.63) is 0 Å². The van der Waals surface area contributed by atoms with Crippen LogP contribution in [0.15, 0.2) is 0 Å². The summed E-state index contributed by atoms with van der Waals surface area (Å²) in [5, 5.41) is 0. The fourth-order valence-corrected chi connectivity index (χ4v) is 2.22. The zero-order valence-corrected chi connectivity index (χ0v) is 8.20. The van der Waals surface area contributed by atoms with E-state index in [1.807, 2.05) is 4.90 Å². The summed E-state index contributed by atoms with van der Waals surface area (Å²) in [5.41, 5.74) is 6.11. The van der Waals surface area contributed by atoms with Gasteiger partial charge in [0.25, 0.3) is 0 Å². The van der Waals surface area contributed by atoms with E-state index in [-0.39, 0.29) is 5.91 Å². The van der Waals surface area contributed by atoms with Gasteiger partial charge >= 0.3 is 0 Å². The van der Waals surface area contributed by atoms with Crippen molar-refractivity contribution in [2.24, 2.45) is 17.6 Å². The Bertz CT molecular complexity index is 207. The topological polar surface area (TPSA) is 46.3 Å². The van der Waals surface area contributed by atoms with Crippen LogP contribution in [-0.4, -0.2) is 29.9 Å². The van der Waals surface area contributed by atoms with Gasteiger partial charge in [0.15, 0.2) is 0 Å². The molecule has 74 valence electrons. The zero-order valence-electron chi connectivity index (χ0n) is 8.20. The molecule has 0 aromatic rings. The van der Waals surface area contributed by atoms with Crippen LogP contribution in [0.2, 0.25) is 0 Å². The Morgan fingerprint density at radius 2 is 2.00 bits per heavy atom. The summed E-state index contributed by atoms with van der Waals surface area (Å²) in [6.45, 7) is 3.42. The minimum absolute atomic E-state index is 0.192. The lowest BCUT2D eigenvalue weighted by Gasteiger charge is -2.46. The lowest BCUT2D eigenvalue weighted by atomic mass is 9.73. The van der Waals surface area contributed by atoms with Crippen LogP contribution in [0.3, 0.4) is 0 Å². The first-order chi connectivity index (χ1) is 6.18. The molecular formula is C10H18N2O. The summed E-state index contributed by atoms with van der Waals surface area (Å²) < 4.78 is 0. The molecule has 2 rings (SSSR count). The third kappa shape index (κ3) is 1.57. The predicted molar refractivity (Wildman–Crippen MR) is 51.1 cm³/mol. The van der Waals surface area contributed by atoms with Gasteiger partial charge in [0, 0.05) is 32.0 Å². The Labute approximate surface area is 79.3 Å². The Hall–Kier alpha value is -0.570. The molecule has 1 amide bonds. The largest absolute Gasteiger partial charge is 0.342 e. The Morgan fingerprint density at radius 1 is 1.38 bits per heavy atom. The van der Waals surface area contributed by atoms with Gasteiger partial charge in [0.1, 0.15) is 0 Å². The first-order valence-electron chi connectivity index (χ1n) is 5.19. The lowest BCUT2D eigenvalue weighted by Crippen LogP contribution is -2.58. The number of hydrogen-bond donors (Lipinski definition) is 1. The first kappa shape index (κ1) is 9.00. The molecule has 13 heavy (non-hydrogen) atoms. The van der Waals surface area contributed by atoms with Gasteiger partial charge in [-0.1, -0.05) is 6.42 Å². The van der Waals surface area contributed by atoms with E-state index in [9.17, 15) is 4.79 Å². The van der Waals surface area contributed by atoms with E-state index in [4.69, 9.17) is 5.73 Å². The predicted octanol–water partition coefficient (Wildman–Crippen LogP) is 0.592. The fraction of sp³-hybridized carbons (Fsp3) is 0.900. The van der Waals surface area contributed by atoms with Crippen LogP contribution in [0.1, 0.15) is 26.2 Å². The second-order valence-electron chi connectivity index (χ2n) is 4.45. The minimum Gasteiger partial charge on any atom is -0.342 e. The third-order valence-electron chi connectivity index (χ3n) is 3.59. The molecule has 0 bridgehead atoms. The standard InChI is InChI=1S/C10H18N2O/c1-7(13)12-5-9(6-12)10(11)8-3-2-4-8/h8-10H,2-6,11H2,1H3. The number of amides is 1. The van der Waals surface area contributed by atoms with E-state index in [0.717, 1.165) is 19.0 Å². The number of rotatable bonds is 2. The number of carbonyl (C=O) groups is 1. The van der Waals surface area contributed by atoms with Crippen LogP contribution >= 0.6 is 0 Å². The molecule has 3 nitrogen and oxygen atoms in total. The third-order valence-corrected chi connectivity index (χ3v) is 3.59. The average molecular weight is 182 g/mol. The van der Waals surface area contributed by atoms with Crippen molar-refractivity contribution in [2.75, 3.05) is 13.1 Å². The van der Waals surface area contributed by atoms with Crippen molar-refractivity contribution in [3.63, 3.8) is 0 Å². The Morgan fingerprint density at radius 3 is 2.38 bits per heavy atom. The molecule has 2 N–H and O–H groups in total. The van der Waals surface area contributed by atoms with Gasteiger partial charge in [-0.25, -0.2) is 0 Å². The highest BCUT2D eigenvalue weighted by Gasteiger charge is 2.38. The van der Waals surface area contributed by atoms with Crippen molar-refractivity contribution in [1.82, 2.24) is 4.90 Å². The van der Waals surface area contributed by atoms with E-state index in [2.05, 4.69) is 0 Å². The molecule has 0 aromatic carbocycles. The van der Waals surface area contributed by atoms with Gasteiger partial charge in [0.2, 0.25) is 5.91 Å². The summed E-state index contributed by atoms with van der Waals surface area (Å²) in [7, 11) is 0. The summed E-state index contributed by atoms with van der Waals surface area (Å²) in [6.07, 6.45) is 3.96. The summed E-state index contributed by atoms with van der Waals surface area (Å²) in [4.78, 5) is 12.8. The van der Waals surface area contributed by atoms with Crippen LogP contribution < -0.4 is 5.73 Å². The first-order valence-corrected chi connectivity index (χ1v) is 5.19. The Balaban J connectivity index is 1.75. The number of nitrogens with zero attached hydrogens (tertiary/aromatic N) is 1. The van der Waals surface area contributed by atoms with Crippen LogP contribution in [0.4, 0.5) is 0 Å². The molecule has 1 saturated heterocycles. The molecule has 1 atom stereocenters. The smallest absolute Gasteiger partial charge is 0.219 e. The maximum atomic E-state index is 10.9. The van der Waals surface area contributed by atoms with Gasteiger partial charge in [-0.15, -0.1) is 0 Å². The molecule has 1 aliphatic heterocycles. The molecule has 0 radical (unpaired) electrons. The maximum Gasteiger partial charge on any atom is 0.219 e. The SMILES string of the molecule is CC(=O)N1CC(C(N)C2CCC2)C1. The molecule has 0 spiro atoms. The number of nitrogens with two attached hydrogens (primary N) is 1. The highest BCUT2D eigenvalue weighted by molar-refractivity contribution is 5.74. The van der Waals surface area contributed by atoms with Crippen molar-refractivity contribution in [1.29, 1.82) is 0 Å². The second kappa shape index (κ2) is 3.29. The van der Waals surface area contributed by atoms with Gasteiger partial charge in [-0.05, 0) is 18.8 Å². The summed E-state index contributed by atoms with van der Waals surface area (Å²) in [6, 6.07) is 0.351. The van der Waals surface area contributed by atoms with Crippen LogP contribution in [0.5, 0.6) is 0 Å². The molecule has 3 heteroatoms. The number of hydrogen-bond acceptors (Lipinski definition) is 2. The second-order valence-corrected chi connectivity index (χ2v) is 4.45. The minimum atomic E-state index is 0.192. The average Bonchev–Trinajstić information content (AvgIpc) is 1.76. The molecule has 2 fully saturated rings. The molecule has 1 aliphatic carbocycles. The number of carbonyl (C=O) groups excluding carboxylic acids is 1. The number of likely N-dealkylation sites (tertiary alicyclic amines) is 1. The molecule has 1 unspecified atom stereocenters. The maximum absolute atomic E-state index is 10.9. The van der Waals surface area contributed by atoms with E-state index in [0.29, 0.717) is 12.0 Å². The molecular weight excluding hydrogens is 164 g/mol. The highest BCUT2D eigenvalue weighted by atomic mass is 16.2. The van der Waals surface area contributed by atoms with E-state index in [1.54, 1.807) is 6.92 Å². The summed E-state index contributed by atoms with van der Waals surface area (Å²) in [5.74, 6) is 1.52. The molecule has 1 heterocycles. The van der Waals surface area contributed by atoms with E-state index >= 15 is 0 Å². The monoisotopic (exact) mass is 182 g/mol. The van der Waals surface area contributed by atoms with Crippen LogP contribution in [0, 0.1) is 11.8 Å². The van der Waals surface area contributed by atoms with Crippen LogP contribution in [-0.2, 0) is 4.79 Å². The highest BCUT2D eigenvalue weighted by Crippen LogP contribution is 2.34. The van der Waals surface area contributed by atoms with Gasteiger partial charge < -0.3 is 10.6 Å². The quantitative estimate of drug-likeness (QED) is 0.679.